The van der Waals surface area contributed by atoms with Gasteiger partial charge in [-0.15, -0.1) is 0 Å². The third-order valence-electron chi connectivity index (χ3n) is 3.10. The maximum Gasteiger partial charge on any atom is 0.126 e. The molecule has 1 unspecified atom stereocenters. The van der Waals surface area contributed by atoms with Crippen molar-refractivity contribution in [2.45, 2.75) is 12.8 Å². The van der Waals surface area contributed by atoms with Crippen LogP contribution in [0.5, 0.6) is 0 Å². The summed E-state index contributed by atoms with van der Waals surface area (Å²) >= 11 is 6.89. The van der Waals surface area contributed by atoms with Crippen molar-refractivity contribution in [1.29, 1.82) is 0 Å². The van der Waals surface area contributed by atoms with Crippen molar-refractivity contribution in [2.75, 3.05) is 5.33 Å². The molecular formula is C16H14Br2F2. The second kappa shape index (κ2) is 7.32. The van der Waals surface area contributed by atoms with Gasteiger partial charge in [-0.1, -0.05) is 44.0 Å². The minimum Gasteiger partial charge on any atom is -0.207 e. The van der Waals surface area contributed by atoms with Gasteiger partial charge in [0.05, 0.1) is 0 Å². The van der Waals surface area contributed by atoms with E-state index in [1.165, 1.54) is 17.7 Å². The van der Waals surface area contributed by atoms with Gasteiger partial charge in [0, 0.05) is 15.9 Å². The van der Waals surface area contributed by atoms with Crippen molar-refractivity contribution < 1.29 is 8.78 Å². The van der Waals surface area contributed by atoms with Gasteiger partial charge in [-0.05, 0) is 54.2 Å². The molecule has 1 atom stereocenters. The van der Waals surface area contributed by atoms with Crippen LogP contribution in [0, 0.1) is 17.6 Å². The molecule has 20 heavy (non-hydrogen) atoms. The predicted molar refractivity (Wildman–Crippen MR) is 85.2 cm³/mol. The van der Waals surface area contributed by atoms with Gasteiger partial charge in [0.15, 0.2) is 0 Å². The summed E-state index contributed by atoms with van der Waals surface area (Å²) in [6, 6.07) is 11.8. The molecule has 0 aliphatic rings. The van der Waals surface area contributed by atoms with Gasteiger partial charge in [0.25, 0.3) is 0 Å². The maximum atomic E-state index is 13.2. The van der Waals surface area contributed by atoms with Crippen molar-refractivity contribution in [1.82, 2.24) is 0 Å². The SMILES string of the molecule is Fc1cc(F)cc(CC(CBr)Cc2ccc(Br)cc2)c1. The highest BCUT2D eigenvalue weighted by atomic mass is 79.9. The standard InChI is InChI=1S/C16H14Br2F2/c17-10-13(5-11-1-3-14(18)4-2-11)6-12-7-15(19)9-16(20)8-12/h1-4,7-9,13H,5-6,10H2. The zero-order chi connectivity index (χ0) is 14.5. The van der Waals surface area contributed by atoms with Crippen LogP contribution in [0.4, 0.5) is 8.78 Å². The summed E-state index contributed by atoms with van der Waals surface area (Å²) in [5, 5.41) is 0.793. The number of hydrogen-bond acceptors (Lipinski definition) is 0. The molecule has 0 saturated heterocycles. The van der Waals surface area contributed by atoms with Crippen molar-refractivity contribution in [3.05, 3.63) is 69.7 Å². The molecule has 0 amide bonds. The molecule has 4 heteroatoms. The average Bonchev–Trinajstić information content (AvgIpc) is 2.39. The summed E-state index contributed by atoms with van der Waals surface area (Å²) < 4.78 is 27.4. The second-order valence-corrected chi connectivity index (χ2v) is 6.40. The van der Waals surface area contributed by atoms with E-state index < -0.39 is 11.6 Å². The molecule has 106 valence electrons. The Hall–Kier alpha value is -0.740. The molecule has 2 aromatic rings. The first kappa shape index (κ1) is 15.6. The number of benzene rings is 2. The van der Waals surface area contributed by atoms with E-state index >= 15 is 0 Å². The number of halogens is 4. The van der Waals surface area contributed by atoms with E-state index in [2.05, 4.69) is 44.0 Å². The molecule has 2 aromatic carbocycles. The molecule has 0 heterocycles. The molecule has 0 fully saturated rings. The summed E-state index contributed by atoms with van der Waals surface area (Å²) in [5.41, 5.74) is 1.92. The molecular weight excluding hydrogens is 390 g/mol. The Bertz CT molecular complexity index is 547. The predicted octanol–water partition coefficient (Wildman–Crippen LogP) is 5.52. The highest BCUT2D eigenvalue weighted by molar-refractivity contribution is 9.10. The molecule has 2 rings (SSSR count). The van der Waals surface area contributed by atoms with Crippen molar-refractivity contribution in [2.24, 2.45) is 5.92 Å². The summed E-state index contributed by atoms with van der Waals surface area (Å²) in [5.74, 6) is -0.730. The molecule has 0 nitrogen and oxygen atoms in total. The molecule has 0 aliphatic heterocycles. The Morgan fingerprint density at radius 2 is 1.40 bits per heavy atom. The third kappa shape index (κ3) is 4.67. The number of rotatable bonds is 5. The van der Waals surface area contributed by atoms with E-state index in [1.807, 2.05) is 12.1 Å². The van der Waals surface area contributed by atoms with Gasteiger partial charge in [0.2, 0.25) is 0 Å². The van der Waals surface area contributed by atoms with E-state index in [-0.39, 0.29) is 0 Å². The Morgan fingerprint density at radius 3 is 1.95 bits per heavy atom. The average molecular weight is 404 g/mol. The second-order valence-electron chi connectivity index (χ2n) is 4.83. The van der Waals surface area contributed by atoms with E-state index in [0.717, 1.165) is 22.3 Å². The Kier molecular flexibility index (Phi) is 5.73. The third-order valence-corrected chi connectivity index (χ3v) is 4.55. The lowest BCUT2D eigenvalue weighted by Crippen LogP contribution is -2.10. The van der Waals surface area contributed by atoms with Gasteiger partial charge in [-0.25, -0.2) is 8.78 Å². The van der Waals surface area contributed by atoms with Gasteiger partial charge in [0.1, 0.15) is 11.6 Å². The zero-order valence-corrected chi connectivity index (χ0v) is 13.9. The summed E-state index contributed by atoms with van der Waals surface area (Å²) in [4.78, 5) is 0. The van der Waals surface area contributed by atoms with Crippen LogP contribution in [-0.4, -0.2) is 5.33 Å². The normalized spacial score (nSPS) is 12.4. The monoisotopic (exact) mass is 402 g/mol. The lowest BCUT2D eigenvalue weighted by molar-refractivity contribution is 0.560. The van der Waals surface area contributed by atoms with Crippen LogP contribution in [0.1, 0.15) is 11.1 Å². The topological polar surface area (TPSA) is 0 Å². The minimum absolute atomic E-state index is 0.303. The van der Waals surface area contributed by atoms with Crippen LogP contribution in [0.2, 0.25) is 0 Å². The van der Waals surface area contributed by atoms with E-state index in [4.69, 9.17) is 0 Å². The van der Waals surface area contributed by atoms with Gasteiger partial charge in [-0.2, -0.15) is 0 Å². The van der Waals surface area contributed by atoms with Crippen molar-refractivity contribution in [3.8, 4) is 0 Å². The number of hydrogen-bond donors (Lipinski definition) is 0. The van der Waals surface area contributed by atoms with Gasteiger partial charge in [-0.3, -0.25) is 0 Å². The highest BCUT2D eigenvalue weighted by Gasteiger charge is 2.11. The first-order valence-corrected chi connectivity index (χ1v) is 8.23. The Morgan fingerprint density at radius 1 is 0.850 bits per heavy atom. The molecule has 0 spiro atoms. The maximum absolute atomic E-state index is 13.2. The largest absolute Gasteiger partial charge is 0.207 e. The van der Waals surface area contributed by atoms with Crippen molar-refractivity contribution >= 4 is 31.9 Å². The fourth-order valence-corrected chi connectivity index (χ4v) is 2.92. The van der Waals surface area contributed by atoms with Crippen LogP contribution in [0.15, 0.2) is 46.9 Å². The van der Waals surface area contributed by atoms with Crippen LogP contribution in [-0.2, 0) is 12.8 Å². The molecule has 0 bridgehead atoms. The van der Waals surface area contributed by atoms with Crippen LogP contribution in [0.25, 0.3) is 0 Å². The van der Waals surface area contributed by atoms with E-state index in [0.29, 0.717) is 17.9 Å². The molecule has 0 saturated carbocycles. The number of alkyl halides is 1. The summed E-state index contributed by atoms with van der Waals surface area (Å²) in [6.45, 7) is 0. The van der Waals surface area contributed by atoms with Crippen molar-refractivity contribution in [3.63, 3.8) is 0 Å². The van der Waals surface area contributed by atoms with Crippen LogP contribution < -0.4 is 0 Å². The first-order chi connectivity index (χ1) is 9.56. The molecule has 0 aromatic heterocycles. The van der Waals surface area contributed by atoms with Crippen LogP contribution in [0.3, 0.4) is 0 Å². The fraction of sp³-hybridized carbons (Fsp3) is 0.250. The van der Waals surface area contributed by atoms with Gasteiger partial charge < -0.3 is 0 Å². The lowest BCUT2D eigenvalue weighted by Gasteiger charge is -2.14. The van der Waals surface area contributed by atoms with E-state index in [9.17, 15) is 8.78 Å². The highest BCUT2D eigenvalue weighted by Crippen LogP contribution is 2.20. The zero-order valence-electron chi connectivity index (χ0n) is 10.8. The van der Waals surface area contributed by atoms with E-state index in [1.54, 1.807) is 0 Å². The fourth-order valence-electron chi connectivity index (χ4n) is 2.20. The molecule has 0 N–H and O–H groups in total. The smallest absolute Gasteiger partial charge is 0.126 e. The Labute approximate surface area is 134 Å². The molecule has 0 aliphatic carbocycles. The molecule has 0 radical (unpaired) electrons. The Balaban J connectivity index is 2.06. The lowest BCUT2D eigenvalue weighted by atomic mass is 9.94. The van der Waals surface area contributed by atoms with Gasteiger partial charge >= 0.3 is 0 Å². The minimum atomic E-state index is -0.517. The summed E-state index contributed by atoms with van der Waals surface area (Å²) in [7, 11) is 0. The summed E-state index contributed by atoms with van der Waals surface area (Å²) in [6.07, 6.45) is 1.52. The first-order valence-electron chi connectivity index (χ1n) is 6.32. The quantitative estimate of drug-likeness (QED) is 0.576. The van der Waals surface area contributed by atoms with Crippen LogP contribution >= 0.6 is 31.9 Å².